The number of nitrogens with one attached hydrogen (secondary N) is 1. The molecule has 0 saturated carbocycles. The summed E-state index contributed by atoms with van der Waals surface area (Å²) in [5.74, 6) is 1.82. The van der Waals surface area contributed by atoms with Gasteiger partial charge in [0.05, 0.1) is 12.4 Å². The highest BCUT2D eigenvalue weighted by atomic mass is 15.0. The Bertz CT molecular complexity index is 248. The molecule has 0 saturated heterocycles. The first-order valence-corrected chi connectivity index (χ1v) is 3.98. The van der Waals surface area contributed by atoms with Gasteiger partial charge in [-0.1, -0.05) is 13.8 Å². The van der Waals surface area contributed by atoms with Crippen LogP contribution in [0.25, 0.3) is 0 Å². The average Bonchev–Trinajstić information content (AvgIpc) is 2.51. The van der Waals surface area contributed by atoms with Crippen LogP contribution < -0.4 is 5.73 Å². The molecule has 66 valence electrons. The number of hydrogen-bond donors (Lipinski definition) is 2. The second-order valence-electron chi connectivity index (χ2n) is 2.93. The van der Waals surface area contributed by atoms with E-state index < -0.39 is 0 Å². The highest BCUT2D eigenvalue weighted by molar-refractivity contribution is 5.82. The van der Waals surface area contributed by atoms with Crippen LogP contribution in [0.3, 0.4) is 0 Å². The molecule has 0 spiro atoms. The minimum absolute atomic E-state index is 0.306. The highest BCUT2D eigenvalue weighted by Crippen LogP contribution is 1.95. The van der Waals surface area contributed by atoms with Gasteiger partial charge in [-0.15, -0.1) is 0 Å². The number of nitrogens with two attached hydrogens (primary N) is 1. The average molecular weight is 166 g/mol. The van der Waals surface area contributed by atoms with E-state index in [1.807, 2.05) is 13.8 Å². The Balaban J connectivity index is 2.49. The van der Waals surface area contributed by atoms with Crippen molar-refractivity contribution in [1.29, 1.82) is 0 Å². The predicted molar refractivity (Wildman–Crippen MR) is 48.8 cm³/mol. The maximum absolute atomic E-state index is 5.64. The monoisotopic (exact) mass is 166 g/mol. The third-order valence-electron chi connectivity index (χ3n) is 1.56. The standard InChI is InChI=1S/C8H14N4/c1-6(2)8(9)12-5-7-10-3-4-11-7/h3-4,6H,5H2,1-2H3,(H2,9,12)(H,10,11). The fourth-order valence-electron chi connectivity index (χ4n) is 0.733. The second-order valence-corrected chi connectivity index (χ2v) is 2.93. The zero-order valence-corrected chi connectivity index (χ0v) is 7.41. The number of H-pyrrole nitrogens is 1. The van der Waals surface area contributed by atoms with Gasteiger partial charge in [0.25, 0.3) is 0 Å². The number of nitrogens with zero attached hydrogens (tertiary/aromatic N) is 2. The van der Waals surface area contributed by atoms with E-state index in [0.717, 1.165) is 5.82 Å². The quantitative estimate of drug-likeness (QED) is 0.518. The molecule has 1 rings (SSSR count). The molecule has 0 fully saturated rings. The van der Waals surface area contributed by atoms with Gasteiger partial charge in [0.1, 0.15) is 5.82 Å². The Morgan fingerprint density at radius 3 is 3.00 bits per heavy atom. The van der Waals surface area contributed by atoms with Crippen molar-refractivity contribution in [3.8, 4) is 0 Å². The Kier molecular flexibility index (Phi) is 2.85. The summed E-state index contributed by atoms with van der Waals surface area (Å²) in [6.45, 7) is 4.57. The van der Waals surface area contributed by atoms with E-state index in [0.29, 0.717) is 18.3 Å². The lowest BCUT2D eigenvalue weighted by Gasteiger charge is -2.01. The van der Waals surface area contributed by atoms with Crippen molar-refractivity contribution >= 4 is 5.84 Å². The fraction of sp³-hybridized carbons (Fsp3) is 0.500. The largest absolute Gasteiger partial charge is 0.387 e. The number of amidine groups is 1. The molecule has 1 aromatic rings. The number of hydrogen-bond acceptors (Lipinski definition) is 2. The van der Waals surface area contributed by atoms with Crippen LogP contribution >= 0.6 is 0 Å². The molecule has 0 amide bonds. The predicted octanol–water partition coefficient (Wildman–Crippen LogP) is 0.923. The second kappa shape index (κ2) is 3.90. The van der Waals surface area contributed by atoms with E-state index in [9.17, 15) is 0 Å². The molecule has 12 heavy (non-hydrogen) atoms. The van der Waals surface area contributed by atoms with Crippen molar-refractivity contribution in [1.82, 2.24) is 9.97 Å². The first-order chi connectivity index (χ1) is 5.70. The van der Waals surface area contributed by atoms with Crippen LogP contribution in [0.2, 0.25) is 0 Å². The maximum atomic E-state index is 5.64. The number of aromatic amines is 1. The summed E-state index contributed by atoms with van der Waals surface area (Å²) in [5, 5.41) is 0. The Labute approximate surface area is 71.9 Å². The number of aliphatic imine (C=N–C) groups is 1. The number of rotatable bonds is 3. The van der Waals surface area contributed by atoms with Crippen LogP contribution in [-0.4, -0.2) is 15.8 Å². The molecule has 0 unspecified atom stereocenters. The smallest absolute Gasteiger partial charge is 0.127 e. The van der Waals surface area contributed by atoms with Gasteiger partial charge in [0.15, 0.2) is 0 Å². The summed E-state index contributed by atoms with van der Waals surface area (Å²) in [7, 11) is 0. The van der Waals surface area contributed by atoms with E-state index in [2.05, 4.69) is 15.0 Å². The zero-order chi connectivity index (χ0) is 8.97. The fourth-order valence-corrected chi connectivity index (χ4v) is 0.733. The molecule has 0 aliphatic rings. The number of aromatic nitrogens is 2. The minimum Gasteiger partial charge on any atom is -0.387 e. The lowest BCUT2D eigenvalue weighted by Crippen LogP contribution is -2.18. The van der Waals surface area contributed by atoms with Crippen LogP contribution in [0.15, 0.2) is 17.4 Å². The summed E-state index contributed by atoms with van der Waals surface area (Å²) in [4.78, 5) is 11.2. The van der Waals surface area contributed by atoms with Crippen LogP contribution in [-0.2, 0) is 6.54 Å². The van der Waals surface area contributed by atoms with Crippen LogP contribution in [0.5, 0.6) is 0 Å². The van der Waals surface area contributed by atoms with Crippen molar-refractivity contribution < 1.29 is 0 Å². The molecule has 1 aromatic heterocycles. The summed E-state index contributed by atoms with van der Waals surface area (Å²) >= 11 is 0. The lowest BCUT2D eigenvalue weighted by molar-refractivity contribution is 0.843. The summed E-state index contributed by atoms with van der Waals surface area (Å²) in [5.41, 5.74) is 5.64. The van der Waals surface area contributed by atoms with Crippen LogP contribution in [0.1, 0.15) is 19.7 Å². The van der Waals surface area contributed by atoms with Crippen molar-refractivity contribution in [3.63, 3.8) is 0 Å². The van der Waals surface area contributed by atoms with Gasteiger partial charge in [0, 0.05) is 18.3 Å². The molecule has 0 aliphatic heterocycles. The topological polar surface area (TPSA) is 67.1 Å². The lowest BCUT2D eigenvalue weighted by atomic mass is 10.2. The van der Waals surface area contributed by atoms with E-state index >= 15 is 0 Å². The molecule has 0 bridgehead atoms. The van der Waals surface area contributed by atoms with Crippen molar-refractivity contribution in [3.05, 3.63) is 18.2 Å². The Morgan fingerprint density at radius 1 is 1.75 bits per heavy atom. The van der Waals surface area contributed by atoms with Gasteiger partial charge in [0.2, 0.25) is 0 Å². The molecule has 0 radical (unpaired) electrons. The third kappa shape index (κ3) is 2.38. The molecular formula is C8H14N4. The Hall–Kier alpha value is -1.32. The Morgan fingerprint density at radius 2 is 2.50 bits per heavy atom. The third-order valence-corrected chi connectivity index (χ3v) is 1.56. The van der Waals surface area contributed by atoms with E-state index in [-0.39, 0.29) is 0 Å². The van der Waals surface area contributed by atoms with Gasteiger partial charge in [-0.3, -0.25) is 4.99 Å². The molecule has 0 aromatic carbocycles. The normalized spacial score (nSPS) is 12.4. The van der Waals surface area contributed by atoms with Gasteiger partial charge in [-0.05, 0) is 0 Å². The molecule has 3 N–H and O–H groups in total. The van der Waals surface area contributed by atoms with E-state index in [1.54, 1.807) is 12.4 Å². The zero-order valence-electron chi connectivity index (χ0n) is 7.41. The molecule has 0 atom stereocenters. The van der Waals surface area contributed by atoms with Crippen molar-refractivity contribution in [2.75, 3.05) is 0 Å². The van der Waals surface area contributed by atoms with E-state index in [4.69, 9.17) is 5.73 Å². The molecule has 1 heterocycles. The molecule has 0 aliphatic carbocycles. The maximum Gasteiger partial charge on any atom is 0.127 e. The first-order valence-electron chi connectivity index (χ1n) is 3.98. The van der Waals surface area contributed by atoms with Gasteiger partial charge in [-0.25, -0.2) is 4.98 Å². The van der Waals surface area contributed by atoms with Gasteiger partial charge < -0.3 is 10.7 Å². The summed E-state index contributed by atoms with van der Waals surface area (Å²) in [6, 6.07) is 0. The van der Waals surface area contributed by atoms with Crippen LogP contribution in [0, 0.1) is 5.92 Å². The molecular weight excluding hydrogens is 152 g/mol. The van der Waals surface area contributed by atoms with Gasteiger partial charge in [-0.2, -0.15) is 0 Å². The summed E-state index contributed by atoms with van der Waals surface area (Å²) < 4.78 is 0. The minimum atomic E-state index is 0.306. The van der Waals surface area contributed by atoms with Gasteiger partial charge >= 0.3 is 0 Å². The van der Waals surface area contributed by atoms with Crippen molar-refractivity contribution in [2.24, 2.45) is 16.6 Å². The first kappa shape index (κ1) is 8.77. The molecule has 4 nitrogen and oxygen atoms in total. The SMILES string of the molecule is CC(C)C(N)=NCc1ncc[nH]1. The molecule has 4 heteroatoms. The van der Waals surface area contributed by atoms with Crippen molar-refractivity contribution in [2.45, 2.75) is 20.4 Å². The van der Waals surface area contributed by atoms with Crippen LogP contribution in [0.4, 0.5) is 0 Å². The van der Waals surface area contributed by atoms with E-state index in [1.165, 1.54) is 0 Å². The number of imidazole rings is 1. The highest BCUT2D eigenvalue weighted by Gasteiger charge is 1.98. The summed E-state index contributed by atoms with van der Waals surface area (Å²) in [6.07, 6.45) is 3.48.